The van der Waals surface area contributed by atoms with Gasteiger partial charge in [-0.25, -0.2) is 9.97 Å². The van der Waals surface area contributed by atoms with E-state index in [0.29, 0.717) is 11.5 Å². The van der Waals surface area contributed by atoms with Gasteiger partial charge < -0.3 is 10.2 Å². The number of nitrogens with zero attached hydrogens (tertiary/aromatic N) is 3. The highest BCUT2D eigenvalue weighted by Gasteiger charge is 2.14. The van der Waals surface area contributed by atoms with Gasteiger partial charge in [-0.3, -0.25) is 0 Å². The summed E-state index contributed by atoms with van der Waals surface area (Å²) in [4.78, 5) is 7.83. The number of nitriles is 1. The van der Waals surface area contributed by atoms with Crippen molar-refractivity contribution < 1.29 is 4.42 Å². The van der Waals surface area contributed by atoms with Crippen LogP contribution in [0.25, 0.3) is 11.5 Å². The van der Waals surface area contributed by atoms with Gasteiger partial charge in [0.15, 0.2) is 22.4 Å². The predicted octanol–water partition coefficient (Wildman–Crippen LogP) is 2.15. The van der Waals surface area contributed by atoms with Gasteiger partial charge in [0.05, 0.1) is 0 Å². The highest BCUT2D eigenvalue weighted by Crippen LogP contribution is 2.27. The van der Waals surface area contributed by atoms with Crippen LogP contribution in [0.5, 0.6) is 0 Å². The monoisotopic (exact) mass is 234 g/mol. The van der Waals surface area contributed by atoms with Crippen LogP contribution in [0, 0.1) is 18.3 Å². The molecule has 2 heterocycles. The van der Waals surface area contributed by atoms with Crippen LogP contribution < -0.4 is 5.73 Å². The molecule has 0 unspecified atom stereocenters. The van der Waals surface area contributed by atoms with Gasteiger partial charge in [0.1, 0.15) is 17.5 Å². The van der Waals surface area contributed by atoms with Gasteiger partial charge in [-0.15, -0.1) is 0 Å². The van der Waals surface area contributed by atoms with Gasteiger partial charge >= 0.3 is 0 Å². The Morgan fingerprint density at radius 3 is 2.75 bits per heavy atom. The summed E-state index contributed by atoms with van der Waals surface area (Å²) >= 11 is 5.88. The van der Waals surface area contributed by atoms with Crippen molar-refractivity contribution in [3.63, 3.8) is 0 Å². The second kappa shape index (κ2) is 3.83. The Morgan fingerprint density at radius 2 is 2.19 bits per heavy atom. The van der Waals surface area contributed by atoms with Crippen molar-refractivity contribution in [2.24, 2.45) is 0 Å². The van der Waals surface area contributed by atoms with Crippen molar-refractivity contribution in [1.82, 2.24) is 9.97 Å². The van der Waals surface area contributed by atoms with Crippen LogP contribution in [0.4, 0.5) is 5.82 Å². The summed E-state index contributed by atoms with van der Waals surface area (Å²) in [5.74, 6) is 1.25. The van der Waals surface area contributed by atoms with Gasteiger partial charge in [-0.2, -0.15) is 5.26 Å². The number of aromatic nitrogens is 2. The first-order valence-electron chi connectivity index (χ1n) is 4.41. The lowest BCUT2D eigenvalue weighted by atomic mass is 10.3. The molecule has 0 saturated carbocycles. The molecule has 0 radical (unpaired) electrons. The van der Waals surface area contributed by atoms with E-state index in [1.165, 1.54) is 0 Å². The number of nitrogens with two attached hydrogens (primary N) is 1. The lowest BCUT2D eigenvalue weighted by Crippen LogP contribution is -2.00. The van der Waals surface area contributed by atoms with Crippen molar-refractivity contribution in [1.29, 1.82) is 5.26 Å². The quantitative estimate of drug-likeness (QED) is 0.817. The molecule has 16 heavy (non-hydrogen) atoms. The average Bonchev–Trinajstić information content (AvgIpc) is 2.67. The summed E-state index contributed by atoms with van der Waals surface area (Å²) in [6, 6.07) is 5.30. The van der Waals surface area contributed by atoms with E-state index in [0.717, 1.165) is 5.76 Å². The Morgan fingerprint density at radius 1 is 1.44 bits per heavy atom. The van der Waals surface area contributed by atoms with E-state index in [9.17, 15) is 0 Å². The summed E-state index contributed by atoms with van der Waals surface area (Å²) < 4.78 is 5.35. The first-order valence-corrected chi connectivity index (χ1v) is 4.79. The third-order valence-corrected chi connectivity index (χ3v) is 2.22. The Hall–Kier alpha value is -2.06. The molecule has 0 saturated heterocycles. The maximum Gasteiger partial charge on any atom is 0.184 e. The molecule has 80 valence electrons. The maximum atomic E-state index is 8.69. The normalized spacial score (nSPS) is 10.1. The maximum absolute atomic E-state index is 8.69. The predicted molar refractivity (Wildman–Crippen MR) is 58.6 cm³/mol. The Bertz CT molecular complexity index is 585. The zero-order chi connectivity index (χ0) is 11.7. The molecule has 0 aliphatic carbocycles. The Balaban J connectivity index is 2.59. The smallest absolute Gasteiger partial charge is 0.184 e. The molecular formula is C10H7ClN4O. The van der Waals surface area contributed by atoms with Crippen LogP contribution in [-0.2, 0) is 0 Å². The van der Waals surface area contributed by atoms with Crippen molar-refractivity contribution in [2.75, 3.05) is 5.73 Å². The zero-order valence-electron chi connectivity index (χ0n) is 8.36. The minimum atomic E-state index is 0.0111. The third-order valence-electron chi connectivity index (χ3n) is 1.96. The molecule has 6 heteroatoms. The van der Waals surface area contributed by atoms with Crippen molar-refractivity contribution >= 4 is 17.4 Å². The minimum absolute atomic E-state index is 0.0111. The summed E-state index contributed by atoms with van der Waals surface area (Å²) in [5.41, 5.74) is 5.90. The van der Waals surface area contributed by atoms with Crippen LogP contribution >= 0.6 is 11.6 Å². The summed E-state index contributed by atoms with van der Waals surface area (Å²) in [5, 5.41) is 8.79. The molecule has 0 aliphatic rings. The molecule has 5 nitrogen and oxygen atoms in total. The average molecular weight is 235 g/mol. The largest absolute Gasteiger partial charge is 0.460 e. The number of halogens is 1. The van der Waals surface area contributed by atoms with Crippen molar-refractivity contribution in [3.05, 3.63) is 28.7 Å². The molecular weight excluding hydrogens is 228 g/mol. The van der Waals surface area contributed by atoms with Gasteiger partial charge in [0.25, 0.3) is 0 Å². The molecule has 2 N–H and O–H groups in total. The number of aryl methyl sites for hydroxylation is 1. The molecule has 0 aliphatic heterocycles. The topological polar surface area (TPSA) is 88.7 Å². The van der Waals surface area contributed by atoms with E-state index in [1.54, 1.807) is 25.1 Å². The number of furan rings is 1. The zero-order valence-corrected chi connectivity index (χ0v) is 9.12. The number of nitrogen functional groups attached to an aromatic ring is 1. The first-order chi connectivity index (χ1) is 7.61. The van der Waals surface area contributed by atoms with E-state index < -0.39 is 0 Å². The van der Waals surface area contributed by atoms with E-state index in [1.807, 2.05) is 0 Å². The lowest BCUT2D eigenvalue weighted by molar-refractivity contribution is 0.546. The SMILES string of the molecule is Cc1ccc(-c2nc(N)c(C#N)nc2Cl)o1. The van der Waals surface area contributed by atoms with Crippen LogP contribution in [0.2, 0.25) is 5.15 Å². The highest BCUT2D eigenvalue weighted by molar-refractivity contribution is 6.31. The van der Waals surface area contributed by atoms with Crippen molar-refractivity contribution in [3.8, 4) is 17.5 Å². The second-order valence-corrected chi connectivity index (χ2v) is 3.48. The molecule has 0 atom stereocenters. The van der Waals surface area contributed by atoms with Crippen LogP contribution in [-0.4, -0.2) is 9.97 Å². The molecule has 0 amide bonds. The number of anilines is 1. The lowest BCUT2D eigenvalue weighted by Gasteiger charge is -2.02. The number of hydrogen-bond donors (Lipinski definition) is 1. The van der Waals surface area contributed by atoms with E-state index in [-0.39, 0.29) is 16.7 Å². The summed E-state index contributed by atoms with van der Waals surface area (Å²) in [7, 11) is 0. The molecule has 2 aromatic rings. The Kier molecular flexibility index (Phi) is 2.50. The summed E-state index contributed by atoms with van der Waals surface area (Å²) in [6.07, 6.45) is 0. The second-order valence-electron chi connectivity index (χ2n) is 3.12. The van der Waals surface area contributed by atoms with E-state index in [4.69, 9.17) is 27.0 Å². The number of rotatable bonds is 1. The molecule has 0 spiro atoms. The van der Waals surface area contributed by atoms with E-state index in [2.05, 4.69) is 9.97 Å². The minimum Gasteiger partial charge on any atom is -0.460 e. The van der Waals surface area contributed by atoms with Gasteiger partial charge in [0, 0.05) is 0 Å². The third kappa shape index (κ3) is 1.71. The fourth-order valence-corrected chi connectivity index (χ4v) is 1.45. The van der Waals surface area contributed by atoms with E-state index >= 15 is 0 Å². The van der Waals surface area contributed by atoms with Crippen LogP contribution in [0.3, 0.4) is 0 Å². The fraction of sp³-hybridized carbons (Fsp3) is 0.100. The molecule has 0 aromatic carbocycles. The van der Waals surface area contributed by atoms with Gasteiger partial charge in [-0.1, -0.05) is 11.6 Å². The molecule has 2 aromatic heterocycles. The highest BCUT2D eigenvalue weighted by atomic mass is 35.5. The molecule has 2 rings (SSSR count). The van der Waals surface area contributed by atoms with Crippen LogP contribution in [0.1, 0.15) is 11.5 Å². The van der Waals surface area contributed by atoms with Gasteiger partial charge in [0.2, 0.25) is 0 Å². The standard InChI is InChI=1S/C10H7ClN4O/c1-5-2-3-7(16-5)8-9(11)14-6(4-12)10(13)15-8/h2-3H,1H3,(H2,13,15). The summed E-state index contributed by atoms with van der Waals surface area (Å²) in [6.45, 7) is 1.80. The first kappa shape index (κ1) is 10.5. The van der Waals surface area contributed by atoms with Gasteiger partial charge in [-0.05, 0) is 19.1 Å². The molecule has 0 fully saturated rings. The number of hydrogen-bond acceptors (Lipinski definition) is 5. The fourth-order valence-electron chi connectivity index (χ4n) is 1.23. The molecule has 0 bridgehead atoms. The van der Waals surface area contributed by atoms with Crippen LogP contribution in [0.15, 0.2) is 16.5 Å². The van der Waals surface area contributed by atoms with Crippen molar-refractivity contribution in [2.45, 2.75) is 6.92 Å². The Labute approximate surface area is 96.5 Å².